The molecule has 2 aromatic rings. The quantitative estimate of drug-likeness (QED) is 0.938. The van der Waals surface area contributed by atoms with E-state index in [0.29, 0.717) is 23.8 Å². The highest BCUT2D eigenvalue weighted by Crippen LogP contribution is 2.41. The Balaban J connectivity index is 1.81. The van der Waals surface area contributed by atoms with Crippen molar-refractivity contribution in [1.82, 2.24) is 0 Å². The number of benzene rings is 2. The van der Waals surface area contributed by atoms with E-state index in [1.807, 2.05) is 0 Å². The number of rotatable bonds is 4. The molecular weight excluding hydrogens is 280 g/mol. The van der Waals surface area contributed by atoms with Crippen LogP contribution in [0.4, 0.5) is 14.5 Å². The van der Waals surface area contributed by atoms with E-state index in [-0.39, 0.29) is 12.5 Å². The SMILES string of the molecule is COc1cc(CNc2cc(F)ccc2F)cc2c1OCO2. The van der Waals surface area contributed by atoms with Gasteiger partial charge < -0.3 is 19.5 Å². The summed E-state index contributed by atoms with van der Waals surface area (Å²) in [7, 11) is 1.53. The summed E-state index contributed by atoms with van der Waals surface area (Å²) in [6.07, 6.45) is 0. The zero-order valence-corrected chi connectivity index (χ0v) is 11.3. The van der Waals surface area contributed by atoms with Gasteiger partial charge in [-0.1, -0.05) is 0 Å². The average Bonchev–Trinajstić information content (AvgIpc) is 2.95. The second kappa shape index (κ2) is 5.47. The first-order chi connectivity index (χ1) is 10.2. The maximum absolute atomic E-state index is 13.5. The van der Waals surface area contributed by atoms with Gasteiger partial charge in [0.1, 0.15) is 11.6 Å². The van der Waals surface area contributed by atoms with Gasteiger partial charge >= 0.3 is 0 Å². The first-order valence-electron chi connectivity index (χ1n) is 6.33. The number of methoxy groups -OCH3 is 1. The third-order valence-electron chi connectivity index (χ3n) is 3.13. The Hall–Kier alpha value is -2.50. The molecule has 0 saturated carbocycles. The highest BCUT2D eigenvalue weighted by atomic mass is 19.1. The number of hydrogen-bond acceptors (Lipinski definition) is 4. The Kier molecular flexibility index (Phi) is 3.51. The minimum absolute atomic E-state index is 0.103. The minimum Gasteiger partial charge on any atom is -0.493 e. The largest absolute Gasteiger partial charge is 0.493 e. The van der Waals surface area contributed by atoms with Crippen LogP contribution in [0.15, 0.2) is 30.3 Å². The van der Waals surface area contributed by atoms with E-state index >= 15 is 0 Å². The molecule has 3 rings (SSSR count). The van der Waals surface area contributed by atoms with Crippen LogP contribution >= 0.6 is 0 Å². The molecule has 0 atom stereocenters. The predicted octanol–water partition coefficient (Wildman–Crippen LogP) is 3.31. The average molecular weight is 293 g/mol. The van der Waals surface area contributed by atoms with E-state index in [4.69, 9.17) is 14.2 Å². The highest BCUT2D eigenvalue weighted by molar-refractivity contribution is 5.56. The lowest BCUT2D eigenvalue weighted by Gasteiger charge is -2.10. The summed E-state index contributed by atoms with van der Waals surface area (Å²) in [5.41, 5.74) is 0.909. The topological polar surface area (TPSA) is 39.7 Å². The molecule has 0 aromatic heterocycles. The van der Waals surface area contributed by atoms with Crippen molar-refractivity contribution in [1.29, 1.82) is 0 Å². The van der Waals surface area contributed by atoms with Crippen molar-refractivity contribution in [2.45, 2.75) is 6.54 Å². The van der Waals surface area contributed by atoms with Crippen molar-refractivity contribution in [3.8, 4) is 17.2 Å². The van der Waals surface area contributed by atoms with Crippen molar-refractivity contribution in [2.75, 3.05) is 19.2 Å². The lowest BCUT2D eigenvalue weighted by atomic mass is 10.1. The molecular formula is C15H13F2NO3. The monoisotopic (exact) mass is 293 g/mol. The van der Waals surface area contributed by atoms with Crippen LogP contribution in [0.3, 0.4) is 0 Å². The van der Waals surface area contributed by atoms with E-state index in [2.05, 4.69) is 5.32 Å². The van der Waals surface area contributed by atoms with Gasteiger partial charge in [0.25, 0.3) is 0 Å². The molecule has 0 aliphatic carbocycles. The van der Waals surface area contributed by atoms with Gasteiger partial charge in [-0.15, -0.1) is 0 Å². The van der Waals surface area contributed by atoms with E-state index in [1.54, 1.807) is 12.1 Å². The van der Waals surface area contributed by atoms with Crippen LogP contribution in [-0.2, 0) is 6.54 Å². The van der Waals surface area contributed by atoms with Gasteiger partial charge in [0, 0.05) is 6.54 Å². The Bertz CT molecular complexity index is 676. The van der Waals surface area contributed by atoms with E-state index in [0.717, 1.165) is 23.8 Å². The van der Waals surface area contributed by atoms with Crippen molar-refractivity contribution in [2.24, 2.45) is 0 Å². The second-order valence-electron chi connectivity index (χ2n) is 4.51. The normalized spacial score (nSPS) is 12.3. The highest BCUT2D eigenvalue weighted by Gasteiger charge is 2.20. The van der Waals surface area contributed by atoms with Gasteiger partial charge in [-0.2, -0.15) is 0 Å². The summed E-state index contributed by atoms with van der Waals surface area (Å²) in [6, 6.07) is 6.80. The van der Waals surface area contributed by atoms with Crippen LogP contribution in [0.25, 0.3) is 0 Å². The lowest BCUT2D eigenvalue weighted by Crippen LogP contribution is -2.02. The zero-order valence-electron chi connectivity index (χ0n) is 11.3. The van der Waals surface area contributed by atoms with Gasteiger partial charge in [-0.3, -0.25) is 0 Å². The number of anilines is 1. The fraction of sp³-hybridized carbons (Fsp3) is 0.200. The maximum Gasteiger partial charge on any atom is 0.231 e. The maximum atomic E-state index is 13.5. The van der Waals surface area contributed by atoms with Crippen molar-refractivity contribution in [3.63, 3.8) is 0 Å². The van der Waals surface area contributed by atoms with Crippen LogP contribution in [0.1, 0.15) is 5.56 Å². The van der Waals surface area contributed by atoms with Crippen molar-refractivity contribution in [3.05, 3.63) is 47.5 Å². The molecule has 1 heterocycles. The lowest BCUT2D eigenvalue weighted by molar-refractivity contribution is 0.171. The number of fused-ring (bicyclic) bond motifs is 1. The van der Waals surface area contributed by atoms with Crippen molar-refractivity contribution >= 4 is 5.69 Å². The molecule has 110 valence electrons. The third kappa shape index (κ3) is 2.69. The molecule has 4 nitrogen and oxygen atoms in total. The summed E-state index contributed by atoms with van der Waals surface area (Å²) in [5.74, 6) is 0.664. The first-order valence-corrected chi connectivity index (χ1v) is 6.33. The number of nitrogens with one attached hydrogen (secondary N) is 1. The van der Waals surface area contributed by atoms with Crippen LogP contribution in [0.2, 0.25) is 0 Å². The van der Waals surface area contributed by atoms with E-state index < -0.39 is 11.6 Å². The molecule has 1 aliphatic heterocycles. The number of halogens is 2. The molecule has 0 radical (unpaired) electrons. The summed E-state index contributed by atoms with van der Waals surface area (Å²) in [6.45, 7) is 0.439. The first kappa shape index (κ1) is 13.5. The Morgan fingerprint density at radius 2 is 2.05 bits per heavy atom. The second-order valence-corrected chi connectivity index (χ2v) is 4.51. The third-order valence-corrected chi connectivity index (χ3v) is 3.13. The smallest absolute Gasteiger partial charge is 0.231 e. The van der Waals surface area contributed by atoms with Gasteiger partial charge in [0.2, 0.25) is 12.5 Å². The Labute approximate surface area is 120 Å². The molecule has 6 heteroatoms. The Morgan fingerprint density at radius 1 is 1.19 bits per heavy atom. The molecule has 0 saturated heterocycles. The molecule has 2 aromatic carbocycles. The van der Waals surface area contributed by atoms with Gasteiger partial charge in [0.15, 0.2) is 11.5 Å². The van der Waals surface area contributed by atoms with Gasteiger partial charge in [-0.25, -0.2) is 8.78 Å². The minimum atomic E-state index is -0.510. The molecule has 0 spiro atoms. The molecule has 0 bridgehead atoms. The van der Waals surface area contributed by atoms with Crippen LogP contribution in [0.5, 0.6) is 17.2 Å². The standard InChI is InChI=1S/C15H13F2NO3/c1-19-13-4-9(5-14-15(13)21-8-20-14)7-18-12-6-10(16)2-3-11(12)17/h2-6,18H,7-8H2,1H3. The predicted molar refractivity (Wildman–Crippen MR) is 72.8 cm³/mol. The summed E-state index contributed by atoms with van der Waals surface area (Å²) in [4.78, 5) is 0. The molecule has 1 N–H and O–H groups in total. The summed E-state index contributed by atoms with van der Waals surface area (Å²) < 4.78 is 42.5. The van der Waals surface area contributed by atoms with Crippen LogP contribution < -0.4 is 19.5 Å². The molecule has 0 fully saturated rings. The fourth-order valence-electron chi connectivity index (χ4n) is 2.12. The molecule has 0 amide bonds. The van der Waals surface area contributed by atoms with Gasteiger partial charge in [0.05, 0.1) is 12.8 Å². The summed E-state index contributed by atoms with van der Waals surface area (Å²) in [5, 5.41) is 2.85. The van der Waals surface area contributed by atoms with Crippen LogP contribution in [-0.4, -0.2) is 13.9 Å². The fourth-order valence-corrected chi connectivity index (χ4v) is 2.12. The molecule has 21 heavy (non-hydrogen) atoms. The number of hydrogen-bond donors (Lipinski definition) is 1. The van der Waals surface area contributed by atoms with Crippen molar-refractivity contribution < 1.29 is 23.0 Å². The van der Waals surface area contributed by atoms with E-state index in [1.165, 1.54) is 7.11 Å². The Morgan fingerprint density at radius 3 is 2.86 bits per heavy atom. The number of ether oxygens (including phenoxy) is 3. The zero-order chi connectivity index (χ0) is 14.8. The molecule has 1 aliphatic rings. The molecule has 0 unspecified atom stereocenters. The van der Waals surface area contributed by atoms with Crippen LogP contribution in [0, 0.1) is 11.6 Å². The van der Waals surface area contributed by atoms with E-state index in [9.17, 15) is 8.78 Å². The summed E-state index contributed by atoms with van der Waals surface area (Å²) >= 11 is 0. The van der Waals surface area contributed by atoms with Gasteiger partial charge in [-0.05, 0) is 35.9 Å².